The number of hydrogen-bond acceptors (Lipinski definition) is 2. The van der Waals surface area contributed by atoms with Crippen molar-refractivity contribution in [1.29, 1.82) is 0 Å². The van der Waals surface area contributed by atoms with E-state index in [1.165, 1.54) is 31.7 Å². The van der Waals surface area contributed by atoms with Crippen molar-refractivity contribution in [1.82, 2.24) is 0 Å². The summed E-state index contributed by atoms with van der Waals surface area (Å²) in [4.78, 5) is 0.993. The number of thiophene rings is 1. The summed E-state index contributed by atoms with van der Waals surface area (Å²) < 4.78 is 14.3. The summed E-state index contributed by atoms with van der Waals surface area (Å²) in [6.45, 7) is 0. The van der Waals surface area contributed by atoms with E-state index >= 15 is 0 Å². The van der Waals surface area contributed by atoms with Gasteiger partial charge in [0.2, 0.25) is 0 Å². The molecule has 1 saturated carbocycles. The molecule has 1 aliphatic carbocycles. The van der Waals surface area contributed by atoms with E-state index in [1.807, 2.05) is 6.07 Å². The third kappa shape index (κ3) is 2.82. The number of rotatable bonds is 2. The van der Waals surface area contributed by atoms with Crippen LogP contribution in [0.4, 0.5) is 4.39 Å². The second-order valence-corrected chi connectivity index (χ2v) is 6.64. The fourth-order valence-electron chi connectivity index (χ4n) is 3.04. The van der Waals surface area contributed by atoms with Gasteiger partial charge >= 0.3 is 0 Å². The molecule has 0 spiro atoms. The van der Waals surface area contributed by atoms with Crippen molar-refractivity contribution in [3.63, 3.8) is 0 Å². The summed E-state index contributed by atoms with van der Waals surface area (Å²) >= 11 is 1.60. The Morgan fingerprint density at radius 2 is 1.84 bits per heavy atom. The van der Waals surface area contributed by atoms with Gasteiger partial charge in [-0.15, -0.1) is 11.3 Å². The summed E-state index contributed by atoms with van der Waals surface area (Å²) in [7, 11) is 0. The maximum Gasteiger partial charge on any atom is 0.123 e. The van der Waals surface area contributed by atoms with Gasteiger partial charge in [-0.2, -0.15) is 0 Å². The van der Waals surface area contributed by atoms with E-state index in [1.54, 1.807) is 23.5 Å². The molecular formula is C16H19FOS. The van der Waals surface area contributed by atoms with Gasteiger partial charge in [-0.1, -0.05) is 25.7 Å². The van der Waals surface area contributed by atoms with E-state index in [9.17, 15) is 9.50 Å². The number of aliphatic hydroxyl groups is 1. The maximum absolute atomic E-state index is 13.2. The van der Waals surface area contributed by atoms with Crippen molar-refractivity contribution in [2.24, 2.45) is 5.92 Å². The van der Waals surface area contributed by atoms with Crippen LogP contribution in [0.1, 0.15) is 49.5 Å². The number of hydrogen-bond donors (Lipinski definition) is 1. The molecule has 0 aliphatic heterocycles. The normalized spacial score (nSPS) is 19.5. The van der Waals surface area contributed by atoms with Crippen molar-refractivity contribution < 1.29 is 9.50 Å². The lowest BCUT2D eigenvalue weighted by atomic mass is 9.93. The van der Waals surface area contributed by atoms with E-state index in [0.29, 0.717) is 5.92 Å². The molecule has 3 heteroatoms. The first-order valence-electron chi connectivity index (χ1n) is 7.11. The van der Waals surface area contributed by atoms with Gasteiger partial charge in [0.05, 0.1) is 6.10 Å². The zero-order valence-electron chi connectivity index (χ0n) is 10.9. The van der Waals surface area contributed by atoms with Crippen molar-refractivity contribution in [2.45, 2.75) is 44.6 Å². The first kappa shape index (κ1) is 13.1. The van der Waals surface area contributed by atoms with Crippen LogP contribution in [0.25, 0.3) is 10.1 Å². The Bertz CT molecular complexity index is 555. The molecule has 0 bridgehead atoms. The minimum atomic E-state index is -0.376. The number of fused-ring (bicyclic) bond motifs is 1. The molecule has 1 aliphatic rings. The Morgan fingerprint density at radius 3 is 2.58 bits per heavy atom. The fourth-order valence-corrected chi connectivity index (χ4v) is 4.16. The third-order valence-corrected chi connectivity index (χ3v) is 5.32. The van der Waals surface area contributed by atoms with Crippen LogP contribution in [-0.2, 0) is 0 Å². The van der Waals surface area contributed by atoms with Crippen LogP contribution in [0, 0.1) is 11.7 Å². The summed E-state index contributed by atoms with van der Waals surface area (Å²) in [5.74, 6) is 0.168. The highest BCUT2D eigenvalue weighted by Crippen LogP contribution is 2.38. The topological polar surface area (TPSA) is 20.2 Å². The van der Waals surface area contributed by atoms with E-state index in [0.717, 1.165) is 27.8 Å². The molecule has 0 saturated heterocycles. The predicted molar refractivity (Wildman–Crippen MR) is 77.9 cm³/mol. The molecule has 3 rings (SSSR count). The van der Waals surface area contributed by atoms with Gasteiger partial charge in [-0.3, -0.25) is 0 Å². The largest absolute Gasteiger partial charge is 0.387 e. The Hall–Kier alpha value is -0.930. The molecular weight excluding hydrogens is 259 g/mol. The molecule has 19 heavy (non-hydrogen) atoms. The van der Waals surface area contributed by atoms with Crippen LogP contribution in [-0.4, -0.2) is 5.11 Å². The zero-order chi connectivity index (χ0) is 13.2. The lowest BCUT2D eigenvalue weighted by Gasteiger charge is -2.19. The summed E-state index contributed by atoms with van der Waals surface area (Å²) in [5.41, 5.74) is 0. The average Bonchev–Trinajstić information content (AvgIpc) is 2.64. The number of benzene rings is 1. The van der Waals surface area contributed by atoms with Gasteiger partial charge in [-0.05, 0) is 48.4 Å². The van der Waals surface area contributed by atoms with Gasteiger partial charge in [-0.25, -0.2) is 4.39 Å². The van der Waals surface area contributed by atoms with Crippen LogP contribution in [0.3, 0.4) is 0 Å². The lowest BCUT2D eigenvalue weighted by molar-refractivity contribution is 0.102. The molecule has 102 valence electrons. The first-order valence-corrected chi connectivity index (χ1v) is 7.93. The van der Waals surface area contributed by atoms with Crippen LogP contribution in [0.5, 0.6) is 0 Å². The predicted octanol–water partition coefficient (Wildman–Crippen LogP) is 5.04. The molecule has 1 unspecified atom stereocenters. The van der Waals surface area contributed by atoms with Crippen LogP contribution < -0.4 is 0 Å². The van der Waals surface area contributed by atoms with Crippen molar-refractivity contribution >= 4 is 21.4 Å². The number of halogens is 1. The zero-order valence-corrected chi connectivity index (χ0v) is 11.8. The summed E-state index contributed by atoms with van der Waals surface area (Å²) in [6.07, 6.45) is 6.89. The van der Waals surface area contributed by atoms with Gasteiger partial charge in [0.25, 0.3) is 0 Å². The highest BCUT2D eigenvalue weighted by Gasteiger charge is 2.23. The number of aliphatic hydroxyl groups excluding tert-OH is 1. The van der Waals surface area contributed by atoms with E-state index in [-0.39, 0.29) is 11.9 Å². The van der Waals surface area contributed by atoms with Gasteiger partial charge < -0.3 is 5.11 Å². The Morgan fingerprint density at radius 1 is 1.11 bits per heavy atom. The highest BCUT2D eigenvalue weighted by molar-refractivity contribution is 7.19. The van der Waals surface area contributed by atoms with Gasteiger partial charge in [0, 0.05) is 9.58 Å². The quantitative estimate of drug-likeness (QED) is 0.763. The minimum Gasteiger partial charge on any atom is -0.387 e. The molecule has 1 nitrogen and oxygen atoms in total. The van der Waals surface area contributed by atoms with Crippen molar-refractivity contribution in [3.8, 4) is 0 Å². The van der Waals surface area contributed by atoms with Crippen LogP contribution in [0.2, 0.25) is 0 Å². The monoisotopic (exact) mass is 278 g/mol. The Labute approximate surface area is 117 Å². The minimum absolute atomic E-state index is 0.208. The Kier molecular flexibility index (Phi) is 3.85. The molecule has 1 aromatic carbocycles. The van der Waals surface area contributed by atoms with Gasteiger partial charge in [0.1, 0.15) is 5.82 Å². The van der Waals surface area contributed by atoms with E-state index in [4.69, 9.17) is 0 Å². The van der Waals surface area contributed by atoms with Crippen LogP contribution >= 0.6 is 11.3 Å². The second kappa shape index (κ2) is 5.59. The SMILES string of the molecule is OC(c1cc2cc(F)ccc2s1)C1CCCCCC1. The molecule has 1 aromatic heterocycles. The standard InChI is InChI=1S/C16H19FOS/c17-13-7-8-14-12(9-13)10-15(19-14)16(18)11-5-3-1-2-4-6-11/h7-11,16,18H,1-6H2. The average molecular weight is 278 g/mol. The lowest BCUT2D eigenvalue weighted by Crippen LogP contribution is -2.10. The van der Waals surface area contributed by atoms with Crippen LogP contribution in [0.15, 0.2) is 24.3 Å². The smallest absolute Gasteiger partial charge is 0.123 e. The first-order chi connectivity index (χ1) is 9.24. The second-order valence-electron chi connectivity index (χ2n) is 5.53. The molecule has 0 radical (unpaired) electrons. The van der Waals surface area contributed by atoms with Gasteiger partial charge in [0.15, 0.2) is 0 Å². The fraction of sp³-hybridized carbons (Fsp3) is 0.500. The van der Waals surface area contributed by atoms with E-state index in [2.05, 4.69) is 0 Å². The van der Waals surface area contributed by atoms with Crippen molar-refractivity contribution in [2.75, 3.05) is 0 Å². The molecule has 2 aromatic rings. The molecule has 1 heterocycles. The maximum atomic E-state index is 13.2. The highest BCUT2D eigenvalue weighted by atomic mass is 32.1. The molecule has 1 fully saturated rings. The molecule has 0 amide bonds. The van der Waals surface area contributed by atoms with Crippen molar-refractivity contribution in [3.05, 3.63) is 35.0 Å². The molecule has 1 atom stereocenters. The third-order valence-electron chi connectivity index (χ3n) is 4.14. The molecule has 1 N–H and O–H groups in total. The summed E-state index contributed by atoms with van der Waals surface area (Å²) in [6, 6.07) is 6.80. The summed E-state index contributed by atoms with van der Waals surface area (Å²) in [5, 5.41) is 11.5. The Balaban J connectivity index is 1.85. The van der Waals surface area contributed by atoms with E-state index < -0.39 is 0 Å².